The highest BCUT2D eigenvalue weighted by atomic mass is 32.2. The number of nitrogens with zero attached hydrogens (tertiary/aromatic N) is 6. The van der Waals surface area contributed by atoms with Crippen molar-refractivity contribution in [2.75, 3.05) is 0 Å². The molecule has 0 unspecified atom stereocenters. The second kappa shape index (κ2) is 7.06. The lowest BCUT2D eigenvalue weighted by Gasteiger charge is -2.09. The van der Waals surface area contributed by atoms with Gasteiger partial charge in [0.25, 0.3) is 11.4 Å². The van der Waals surface area contributed by atoms with Gasteiger partial charge in [0.15, 0.2) is 10.9 Å². The molecule has 10 heteroatoms. The van der Waals surface area contributed by atoms with E-state index in [1.165, 1.54) is 11.8 Å². The van der Waals surface area contributed by atoms with Gasteiger partial charge in [-0.05, 0) is 24.3 Å². The van der Waals surface area contributed by atoms with Crippen LogP contribution in [0.15, 0.2) is 74.1 Å². The van der Waals surface area contributed by atoms with Crippen LogP contribution in [0.25, 0.3) is 28.3 Å². The minimum Gasteiger partial charge on any atom is -0.459 e. The van der Waals surface area contributed by atoms with Crippen LogP contribution in [0.3, 0.4) is 0 Å². The zero-order chi connectivity index (χ0) is 19.8. The van der Waals surface area contributed by atoms with Crippen LogP contribution in [-0.2, 0) is 12.3 Å². The van der Waals surface area contributed by atoms with Crippen LogP contribution in [0.2, 0.25) is 0 Å². The van der Waals surface area contributed by atoms with Gasteiger partial charge in [-0.2, -0.15) is 0 Å². The number of thioether (sulfide) groups is 1. The van der Waals surface area contributed by atoms with E-state index in [1.807, 2.05) is 22.6 Å². The molecule has 4 heterocycles. The second-order valence-corrected chi connectivity index (χ2v) is 7.05. The summed E-state index contributed by atoms with van der Waals surface area (Å²) in [5.41, 5.74) is 0.610. The molecule has 5 rings (SSSR count). The van der Waals surface area contributed by atoms with Crippen molar-refractivity contribution in [3.63, 3.8) is 0 Å². The Bertz CT molecular complexity index is 1380. The van der Waals surface area contributed by atoms with Crippen molar-refractivity contribution in [1.29, 1.82) is 0 Å². The first kappa shape index (κ1) is 17.4. The van der Waals surface area contributed by atoms with E-state index in [9.17, 15) is 4.79 Å². The van der Waals surface area contributed by atoms with E-state index in [-0.39, 0.29) is 5.56 Å². The molecule has 29 heavy (non-hydrogen) atoms. The first-order chi connectivity index (χ1) is 14.3. The Balaban J connectivity index is 1.54. The fraction of sp³-hybridized carbons (Fsp3) is 0.105. The summed E-state index contributed by atoms with van der Waals surface area (Å²) in [6.07, 6.45) is 3.20. The summed E-state index contributed by atoms with van der Waals surface area (Å²) in [4.78, 5) is 12.8. The van der Waals surface area contributed by atoms with Crippen molar-refractivity contribution in [3.8, 4) is 11.7 Å². The van der Waals surface area contributed by atoms with Gasteiger partial charge < -0.3 is 8.83 Å². The fourth-order valence-electron chi connectivity index (χ4n) is 3.06. The lowest BCUT2D eigenvalue weighted by molar-refractivity contribution is 0.494. The lowest BCUT2D eigenvalue weighted by atomic mass is 10.2. The maximum Gasteiger partial charge on any atom is 0.283 e. The van der Waals surface area contributed by atoms with Gasteiger partial charge in [-0.25, -0.2) is 0 Å². The molecule has 0 spiro atoms. The molecule has 0 aliphatic heterocycles. The van der Waals surface area contributed by atoms with Crippen molar-refractivity contribution >= 4 is 28.4 Å². The van der Waals surface area contributed by atoms with Gasteiger partial charge in [0.2, 0.25) is 11.7 Å². The Morgan fingerprint density at radius 2 is 2.00 bits per heavy atom. The number of furan rings is 1. The Morgan fingerprint density at radius 1 is 1.10 bits per heavy atom. The molecule has 0 bridgehead atoms. The maximum atomic E-state index is 12.8. The Kier molecular flexibility index (Phi) is 4.24. The number of para-hydroxylation sites is 1. The molecule has 5 aromatic rings. The third kappa shape index (κ3) is 2.93. The normalized spacial score (nSPS) is 11.4. The van der Waals surface area contributed by atoms with Crippen LogP contribution in [0, 0.1) is 0 Å². The van der Waals surface area contributed by atoms with Crippen LogP contribution < -0.4 is 5.56 Å². The van der Waals surface area contributed by atoms with Crippen LogP contribution in [0.5, 0.6) is 0 Å². The zero-order valence-corrected chi connectivity index (χ0v) is 15.9. The third-order valence-corrected chi connectivity index (χ3v) is 5.23. The van der Waals surface area contributed by atoms with Crippen LogP contribution in [0.1, 0.15) is 5.89 Å². The van der Waals surface area contributed by atoms with Crippen molar-refractivity contribution in [3.05, 3.63) is 71.6 Å². The van der Waals surface area contributed by atoms with E-state index in [2.05, 4.69) is 27.0 Å². The number of hydrogen-bond acceptors (Lipinski definition) is 8. The summed E-state index contributed by atoms with van der Waals surface area (Å²) in [6, 6.07) is 10.9. The van der Waals surface area contributed by atoms with Crippen molar-refractivity contribution in [2.24, 2.45) is 0 Å². The highest BCUT2D eigenvalue weighted by Crippen LogP contribution is 2.26. The molecule has 0 saturated carbocycles. The molecular weight excluding hydrogens is 392 g/mol. The highest BCUT2D eigenvalue weighted by Gasteiger charge is 2.17. The number of aromatic nitrogens is 6. The molecule has 9 nitrogen and oxygen atoms in total. The first-order valence-electron chi connectivity index (χ1n) is 8.73. The molecule has 0 radical (unpaired) electrons. The predicted octanol–water partition coefficient (Wildman–Crippen LogP) is 3.17. The number of allylic oxidation sites excluding steroid dienone is 1. The minimum atomic E-state index is -0.128. The van der Waals surface area contributed by atoms with Crippen molar-refractivity contribution in [2.45, 2.75) is 17.5 Å². The molecule has 144 valence electrons. The van der Waals surface area contributed by atoms with Crippen molar-refractivity contribution < 1.29 is 8.83 Å². The minimum absolute atomic E-state index is 0.128. The van der Waals surface area contributed by atoms with E-state index in [4.69, 9.17) is 8.83 Å². The standard InChI is InChI=1S/C19H14N6O3S/c1-2-9-24-17(26)12-6-3-4-7-13(12)25-18(24)22-23-19(25)29-11-15-20-21-16(28-15)14-8-5-10-27-14/h2-8,10H,1,9,11H2. The van der Waals surface area contributed by atoms with E-state index < -0.39 is 0 Å². The smallest absolute Gasteiger partial charge is 0.283 e. The summed E-state index contributed by atoms with van der Waals surface area (Å²) in [5, 5.41) is 17.8. The average Bonchev–Trinajstić information content (AvgIpc) is 3.50. The van der Waals surface area contributed by atoms with Crippen LogP contribution >= 0.6 is 11.8 Å². The summed E-state index contributed by atoms with van der Waals surface area (Å²) < 4.78 is 14.3. The van der Waals surface area contributed by atoms with Gasteiger partial charge in [0.1, 0.15) is 0 Å². The Hall–Kier alpha value is -3.66. The first-order valence-corrected chi connectivity index (χ1v) is 9.71. The molecular formula is C19H14N6O3S. The quantitative estimate of drug-likeness (QED) is 0.313. The summed E-state index contributed by atoms with van der Waals surface area (Å²) >= 11 is 1.39. The average molecular weight is 406 g/mol. The second-order valence-electron chi connectivity index (χ2n) is 6.11. The van der Waals surface area contributed by atoms with Crippen molar-refractivity contribution in [1.82, 2.24) is 29.4 Å². The summed E-state index contributed by atoms with van der Waals surface area (Å²) in [7, 11) is 0. The lowest BCUT2D eigenvalue weighted by Crippen LogP contribution is -2.22. The SMILES string of the molecule is C=CCn1c(=O)c2ccccc2n2c(SCc3nnc(-c4ccco4)o3)nnc12. The number of hydrogen-bond donors (Lipinski definition) is 0. The van der Waals surface area contributed by atoms with Gasteiger partial charge >= 0.3 is 0 Å². The summed E-state index contributed by atoms with van der Waals surface area (Å²) in [6.45, 7) is 4.07. The van der Waals surface area contributed by atoms with E-state index >= 15 is 0 Å². The molecule has 0 N–H and O–H groups in total. The summed E-state index contributed by atoms with van der Waals surface area (Å²) in [5.74, 6) is 2.12. The van der Waals surface area contributed by atoms with Gasteiger partial charge in [0.05, 0.1) is 22.9 Å². The van der Waals surface area contributed by atoms with E-state index in [1.54, 1.807) is 35.1 Å². The molecule has 0 amide bonds. The predicted molar refractivity (Wildman–Crippen MR) is 107 cm³/mol. The third-order valence-electron chi connectivity index (χ3n) is 4.31. The molecule has 0 saturated heterocycles. The number of fused-ring (bicyclic) bond motifs is 3. The van der Waals surface area contributed by atoms with Crippen LogP contribution in [0.4, 0.5) is 0 Å². The largest absolute Gasteiger partial charge is 0.459 e. The monoisotopic (exact) mass is 406 g/mol. The molecule has 0 aliphatic rings. The van der Waals surface area contributed by atoms with Crippen LogP contribution in [-0.4, -0.2) is 29.4 Å². The fourth-order valence-corrected chi connectivity index (χ4v) is 3.84. The van der Waals surface area contributed by atoms with E-state index in [0.717, 1.165) is 5.52 Å². The van der Waals surface area contributed by atoms with Gasteiger partial charge in [-0.3, -0.25) is 13.8 Å². The molecule has 4 aromatic heterocycles. The molecule has 1 aromatic carbocycles. The molecule has 0 aliphatic carbocycles. The van der Waals surface area contributed by atoms with Gasteiger partial charge in [-0.15, -0.1) is 27.0 Å². The topological polar surface area (TPSA) is 104 Å². The van der Waals surface area contributed by atoms with Gasteiger partial charge in [-0.1, -0.05) is 30.0 Å². The Morgan fingerprint density at radius 3 is 2.83 bits per heavy atom. The molecule has 0 atom stereocenters. The van der Waals surface area contributed by atoms with Gasteiger partial charge in [0, 0.05) is 6.54 Å². The number of rotatable bonds is 6. The maximum absolute atomic E-state index is 12.8. The zero-order valence-electron chi connectivity index (χ0n) is 15.1. The Labute approximate surface area is 167 Å². The van der Waals surface area contributed by atoms with E-state index in [0.29, 0.717) is 46.2 Å². The highest BCUT2D eigenvalue weighted by molar-refractivity contribution is 7.98. The number of benzene rings is 1. The molecule has 0 fully saturated rings.